The van der Waals surface area contributed by atoms with E-state index >= 15 is 0 Å². The summed E-state index contributed by atoms with van der Waals surface area (Å²) in [5.74, 6) is -0.0919. The van der Waals surface area contributed by atoms with Gasteiger partial charge < -0.3 is 5.11 Å². The molecule has 0 fully saturated rings. The van der Waals surface area contributed by atoms with E-state index in [2.05, 4.69) is 10.5 Å². The summed E-state index contributed by atoms with van der Waals surface area (Å²) in [7, 11) is 0. The van der Waals surface area contributed by atoms with Crippen LogP contribution in [0.3, 0.4) is 0 Å². The summed E-state index contributed by atoms with van der Waals surface area (Å²) >= 11 is 1.42. The van der Waals surface area contributed by atoms with Crippen molar-refractivity contribution in [2.45, 2.75) is 6.92 Å². The highest BCUT2D eigenvalue weighted by Gasteiger charge is 2.09. The molecule has 0 bridgehead atoms. The average Bonchev–Trinajstić information content (AvgIpc) is 2.85. The Bertz CT molecular complexity index is 851. The zero-order chi connectivity index (χ0) is 15.5. The van der Waals surface area contributed by atoms with Crippen molar-refractivity contribution in [2.75, 3.05) is 0 Å². The molecule has 5 heteroatoms. The number of hydrogen-bond donors (Lipinski definition) is 2. The van der Waals surface area contributed by atoms with E-state index in [1.54, 1.807) is 12.1 Å². The van der Waals surface area contributed by atoms with Gasteiger partial charge in [0.1, 0.15) is 5.75 Å². The molecule has 0 radical (unpaired) electrons. The number of carbonyl (C=O) groups excluding carboxylic acids is 1. The molecule has 0 aliphatic rings. The lowest BCUT2D eigenvalue weighted by Crippen LogP contribution is -2.17. The normalized spacial score (nSPS) is 11.1. The Morgan fingerprint density at radius 3 is 2.64 bits per heavy atom. The summed E-state index contributed by atoms with van der Waals surface area (Å²) in [6.45, 7) is 1.96. The van der Waals surface area contributed by atoms with E-state index in [1.165, 1.54) is 17.6 Å². The van der Waals surface area contributed by atoms with Crippen LogP contribution in [0.4, 0.5) is 0 Å². The van der Waals surface area contributed by atoms with E-state index in [1.807, 2.05) is 43.3 Å². The SMILES string of the molecule is Cc1ccc(C(=O)N/N=C/c2sc3ccccc3c2O)cc1. The molecule has 0 aliphatic carbocycles. The first kappa shape index (κ1) is 14.3. The molecule has 0 aliphatic heterocycles. The Labute approximate surface area is 131 Å². The van der Waals surface area contributed by atoms with Crippen molar-refractivity contribution >= 4 is 33.5 Å². The quantitative estimate of drug-likeness (QED) is 0.572. The number of amides is 1. The Hall–Kier alpha value is -2.66. The zero-order valence-corrected chi connectivity index (χ0v) is 12.7. The second-order valence-corrected chi connectivity index (χ2v) is 5.96. The highest BCUT2D eigenvalue weighted by Crippen LogP contribution is 2.35. The van der Waals surface area contributed by atoms with Gasteiger partial charge >= 0.3 is 0 Å². The molecule has 3 rings (SSSR count). The lowest BCUT2D eigenvalue weighted by molar-refractivity contribution is 0.0955. The van der Waals surface area contributed by atoms with Crippen LogP contribution in [-0.4, -0.2) is 17.2 Å². The van der Waals surface area contributed by atoms with E-state index in [-0.39, 0.29) is 11.7 Å². The second-order valence-electron chi connectivity index (χ2n) is 4.88. The molecular weight excluding hydrogens is 296 g/mol. The summed E-state index contributed by atoms with van der Waals surface area (Å²) in [6.07, 6.45) is 1.46. The van der Waals surface area contributed by atoms with Gasteiger partial charge in [-0.15, -0.1) is 11.3 Å². The fourth-order valence-corrected chi connectivity index (χ4v) is 3.03. The van der Waals surface area contributed by atoms with Crippen molar-refractivity contribution in [3.05, 3.63) is 64.5 Å². The summed E-state index contributed by atoms with van der Waals surface area (Å²) in [5.41, 5.74) is 4.10. The molecule has 1 amide bonds. The Balaban J connectivity index is 1.74. The second kappa shape index (κ2) is 5.99. The summed E-state index contributed by atoms with van der Waals surface area (Å²) in [4.78, 5) is 12.5. The van der Waals surface area contributed by atoms with Gasteiger partial charge in [-0.25, -0.2) is 5.43 Å². The largest absolute Gasteiger partial charge is 0.506 e. The predicted octanol–water partition coefficient (Wildman–Crippen LogP) is 3.68. The Morgan fingerprint density at radius 2 is 1.91 bits per heavy atom. The number of benzene rings is 2. The third kappa shape index (κ3) is 2.84. The molecule has 0 saturated heterocycles. The highest BCUT2D eigenvalue weighted by molar-refractivity contribution is 7.21. The van der Waals surface area contributed by atoms with E-state index in [0.717, 1.165) is 15.6 Å². The van der Waals surface area contributed by atoms with Gasteiger partial charge in [0.25, 0.3) is 5.91 Å². The predicted molar refractivity (Wildman–Crippen MR) is 89.7 cm³/mol. The van der Waals surface area contributed by atoms with Gasteiger partial charge in [-0.1, -0.05) is 29.8 Å². The van der Waals surface area contributed by atoms with Gasteiger partial charge in [-0.2, -0.15) is 5.10 Å². The van der Waals surface area contributed by atoms with E-state index in [4.69, 9.17) is 0 Å². The summed E-state index contributed by atoms with van der Waals surface area (Å²) in [5, 5.41) is 14.8. The standard InChI is InChI=1S/C17H14N2O2S/c1-11-6-8-12(9-7-11)17(21)19-18-10-15-16(20)13-4-2-3-5-14(13)22-15/h2-10,20H,1H3,(H,19,21)/b18-10+. The molecule has 0 saturated carbocycles. The zero-order valence-electron chi connectivity index (χ0n) is 11.9. The van der Waals surface area contributed by atoms with Crippen LogP contribution in [0.2, 0.25) is 0 Å². The smallest absolute Gasteiger partial charge is 0.271 e. The molecule has 3 aromatic rings. The number of aromatic hydroxyl groups is 1. The van der Waals surface area contributed by atoms with E-state index in [0.29, 0.717) is 10.4 Å². The van der Waals surface area contributed by atoms with Gasteiger partial charge in [0.2, 0.25) is 0 Å². The van der Waals surface area contributed by atoms with E-state index in [9.17, 15) is 9.90 Å². The fourth-order valence-electron chi connectivity index (χ4n) is 2.06. The van der Waals surface area contributed by atoms with Crippen LogP contribution in [0.1, 0.15) is 20.8 Å². The molecule has 110 valence electrons. The van der Waals surface area contributed by atoms with Gasteiger partial charge in [-0.05, 0) is 31.2 Å². The van der Waals surface area contributed by atoms with Gasteiger partial charge in [0, 0.05) is 15.6 Å². The highest BCUT2D eigenvalue weighted by atomic mass is 32.1. The Morgan fingerprint density at radius 1 is 1.18 bits per heavy atom. The molecule has 4 nitrogen and oxygen atoms in total. The third-order valence-electron chi connectivity index (χ3n) is 3.26. The fraction of sp³-hybridized carbons (Fsp3) is 0.0588. The van der Waals surface area contributed by atoms with Crippen molar-refractivity contribution in [1.29, 1.82) is 0 Å². The van der Waals surface area contributed by atoms with Gasteiger partial charge in [-0.3, -0.25) is 4.79 Å². The monoisotopic (exact) mass is 310 g/mol. The van der Waals surface area contributed by atoms with Crippen LogP contribution in [-0.2, 0) is 0 Å². The number of thiophene rings is 1. The minimum absolute atomic E-state index is 0.189. The summed E-state index contributed by atoms with van der Waals surface area (Å²) < 4.78 is 0.978. The maximum atomic E-state index is 11.9. The van der Waals surface area contributed by atoms with Crippen LogP contribution < -0.4 is 5.43 Å². The van der Waals surface area contributed by atoms with Crippen LogP contribution in [0.25, 0.3) is 10.1 Å². The third-order valence-corrected chi connectivity index (χ3v) is 4.35. The molecule has 1 heterocycles. The molecule has 0 unspecified atom stereocenters. The molecule has 0 spiro atoms. The van der Waals surface area contributed by atoms with Crippen LogP contribution >= 0.6 is 11.3 Å². The van der Waals surface area contributed by atoms with Crippen molar-refractivity contribution in [2.24, 2.45) is 5.10 Å². The van der Waals surface area contributed by atoms with Gasteiger partial charge in [0.05, 0.1) is 11.1 Å². The van der Waals surface area contributed by atoms with Crippen molar-refractivity contribution < 1.29 is 9.90 Å². The number of carbonyl (C=O) groups is 1. The summed E-state index contributed by atoms with van der Waals surface area (Å²) in [6, 6.07) is 14.8. The topological polar surface area (TPSA) is 61.7 Å². The number of aryl methyl sites for hydroxylation is 1. The molecule has 2 aromatic carbocycles. The molecule has 22 heavy (non-hydrogen) atoms. The minimum atomic E-state index is -0.281. The average molecular weight is 310 g/mol. The lowest BCUT2D eigenvalue weighted by Gasteiger charge is -1.99. The van der Waals surface area contributed by atoms with Crippen molar-refractivity contribution in [3.63, 3.8) is 0 Å². The first-order valence-electron chi connectivity index (χ1n) is 6.76. The molecule has 2 N–H and O–H groups in total. The molecule has 0 atom stereocenters. The molecule has 1 aromatic heterocycles. The number of rotatable bonds is 3. The van der Waals surface area contributed by atoms with Crippen molar-refractivity contribution in [1.82, 2.24) is 5.43 Å². The van der Waals surface area contributed by atoms with Crippen molar-refractivity contribution in [3.8, 4) is 5.75 Å². The van der Waals surface area contributed by atoms with Crippen LogP contribution in [0.15, 0.2) is 53.6 Å². The van der Waals surface area contributed by atoms with Gasteiger partial charge in [0.15, 0.2) is 0 Å². The number of nitrogens with zero attached hydrogens (tertiary/aromatic N) is 1. The minimum Gasteiger partial charge on any atom is -0.506 e. The first-order chi connectivity index (χ1) is 10.6. The van der Waals surface area contributed by atoms with Crippen LogP contribution in [0.5, 0.6) is 5.75 Å². The molecular formula is C17H14N2O2S. The number of nitrogens with one attached hydrogen (secondary N) is 1. The maximum Gasteiger partial charge on any atom is 0.271 e. The Kier molecular flexibility index (Phi) is 3.89. The maximum absolute atomic E-state index is 11.9. The first-order valence-corrected chi connectivity index (χ1v) is 7.57. The lowest BCUT2D eigenvalue weighted by atomic mass is 10.1. The number of fused-ring (bicyclic) bond motifs is 1. The number of hydrogen-bond acceptors (Lipinski definition) is 4. The van der Waals surface area contributed by atoms with Crippen LogP contribution in [0, 0.1) is 6.92 Å². The van der Waals surface area contributed by atoms with E-state index < -0.39 is 0 Å². The number of hydrazone groups is 1.